The van der Waals surface area contributed by atoms with E-state index in [1.807, 2.05) is 47.3 Å². The van der Waals surface area contributed by atoms with Crippen molar-refractivity contribution in [1.82, 2.24) is 9.78 Å². The van der Waals surface area contributed by atoms with Gasteiger partial charge in [0.2, 0.25) is 0 Å². The second-order valence-corrected chi connectivity index (χ2v) is 2.29. The Labute approximate surface area is 77.2 Å². The summed E-state index contributed by atoms with van der Waals surface area (Å²) in [5.41, 5.74) is 1.09. The summed E-state index contributed by atoms with van der Waals surface area (Å²) < 4.78 is 1.83. The molecule has 0 aliphatic carbocycles. The fourth-order valence-electron chi connectivity index (χ4n) is 1.00. The van der Waals surface area contributed by atoms with Crippen LogP contribution in [0.4, 0.5) is 0 Å². The van der Waals surface area contributed by atoms with Crippen molar-refractivity contribution >= 4 is 12.4 Å². The van der Waals surface area contributed by atoms with Crippen molar-refractivity contribution in [3.63, 3.8) is 0 Å². The SMILES string of the molecule is Cl.c1ccc(-n2cccn2)cc1. The summed E-state index contributed by atoms with van der Waals surface area (Å²) >= 11 is 0. The highest BCUT2D eigenvalue weighted by atomic mass is 35.5. The lowest BCUT2D eigenvalue weighted by atomic mass is 10.3. The first-order valence-corrected chi connectivity index (χ1v) is 3.52. The van der Waals surface area contributed by atoms with Gasteiger partial charge in [0, 0.05) is 12.4 Å². The van der Waals surface area contributed by atoms with Crippen LogP contribution < -0.4 is 0 Å². The molecule has 0 bridgehead atoms. The van der Waals surface area contributed by atoms with Gasteiger partial charge in [0.15, 0.2) is 0 Å². The number of hydrogen-bond acceptors (Lipinski definition) is 1. The van der Waals surface area contributed by atoms with Gasteiger partial charge >= 0.3 is 0 Å². The number of hydrogen-bond donors (Lipinski definition) is 0. The standard InChI is InChI=1S/C9H8N2.ClH/c1-2-5-9(6-3-1)11-8-4-7-10-11;/h1-8H;1H. The van der Waals surface area contributed by atoms with Crippen LogP contribution in [0.5, 0.6) is 0 Å². The molecular weight excluding hydrogens is 172 g/mol. The summed E-state index contributed by atoms with van der Waals surface area (Å²) in [7, 11) is 0. The molecule has 2 rings (SSSR count). The molecule has 1 heterocycles. The Balaban J connectivity index is 0.000000720. The van der Waals surface area contributed by atoms with Gasteiger partial charge < -0.3 is 0 Å². The van der Waals surface area contributed by atoms with Gasteiger partial charge in [0.25, 0.3) is 0 Å². The summed E-state index contributed by atoms with van der Waals surface area (Å²) in [4.78, 5) is 0. The monoisotopic (exact) mass is 180 g/mol. The van der Waals surface area contributed by atoms with Crippen LogP contribution in [0.25, 0.3) is 5.69 Å². The third kappa shape index (κ3) is 1.66. The maximum Gasteiger partial charge on any atom is 0.0645 e. The molecule has 1 aromatic heterocycles. The first kappa shape index (κ1) is 8.81. The molecule has 0 unspecified atom stereocenters. The molecule has 2 nitrogen and oxygen atoms in total. The lowest BCUT2D eigenvalue weighted by Gasteiger charge is -1.97. The molecule has 0 aliphatic rings. The molecular formula is C9H9ClN2. The second kappa shape index (κ2) is 3.93. The van der Waals surface area contributed by atoms with Gasteiger partial charge in [-0.3, -0.25) is 0 Å². The third-order valence-electron chi connectivity index (χ3n) is 1.53. The van der Waals surface area contributed by atoms with Crippen molar-refractivity contribution in [2.24, 2.45) is 0 Å². The summed E-state index contributed by atoms with van der Waals surface area (Å²) in [5.74, 6) is 0. The number of nitrogens with zero attached hydrogens (tertiary/aromatic N) is 2. The molecule has 3 heteroatoms. The maximum atomic E-state index is 4.10. The number of rotatable bonds is 1. The maximum absolute atomic E-state index is 4.10. The van der Waals surface area contributed by atoms with E-state index in [4.69, 9.17) is 0 Å². The summed E-state index contributed by atoms with van der Waals surface area (Å²) in [6.45, 7) is 0. The highest BCUT2D eigenvalue weighted by Crippen LogP contribution is 2.03. The molecule has 0 N–H and O–H groups in total. The Bertz CT molecular complexity index is 316. The molecule has 1 aromatic carbocycles. The molecule has 0 atom stereocenters. The first-order valence-electron chi connectivity index (χ1n) is 3.52. The van der Waals surface area contributed by atoms with Crippen LogP contribution >= 0.6 is 12.4 Å². The summed E-state index contributed by atoms with van der Waals surface area (Å²) in [6.07, 6.45) is 3.70. The van der Waals surface area contributed by atoms with Gasteiger partial charge in [-0.25, -0.2) is 4.68 Å². The average Bonchev–Trinajstić information content (AvgIpc) is 2.58. The third-order valence-corrected chi connectivity index (χ3v) is 1.53. The molecule has 0 spiro atoms. The zero-order valence-corrected chi connectivity index (χ0v) is 7.24. The molecule has 0 saturated carbocycles. The predicted octanol–water partition coefficient (Wildman–Crippen LogP) is 2.29. The zero-order chi connectivity index (χ0) is 7.52. The van der Waals surface area contributed by atoms with Gasteiger partial charge in [-0.15, -0.1) is 12.4 Å². The van der Waals surface area contributed by atoms with Crippen LogP contribution in [0, 0.1) is 0 Å². The van der Waals surface area contributed by atoms with E-state index >= 15 is 0 Å². The predicted molar refractivity (Wildman–Crippen MR) is 50.8 cm³/mol. The molecule has 0 fully saturated rings. The van der Waals surface area contributed by atoms with Gasteiger partial charge in [-0.1, -0.05) is 18.2 Å². The van der Waals surface area contributed by atoms with Crippen molar-refractivity contribution in [2.45, 2.75) is 0 Å². The molecule has 62 valence electrons. The van der Waals surface area contributed by atoms with Crippen molar-refractivity contribution in [1.29, 1.82) is 0 Å². The van der Waals surface area contributed by atoms with Crippen LogP contribution in [0.2, 0.25) is 0 Å². The normalized spacial score (nSPS) is 9.00. The Kier molecular flexibility index (Phi) is 2.88. The van der Waals surface area contributed by atoms with Gasteiger partial charge in [0.1, 0.15) is 0 Å². The largest absolute Gasteiger partial charge is 0.241 e. The van der Waals surface area contributed by atoms with E-state index in [2.05, 4.69) is 5.10 Å². The Morgan fingerprint density at radius 1 is 1.00 bits per heavy atom. The number of benzene rings is 1. The van der Waals surface area contributed by atoms with E-state index in [0.717, 1.165) is 5.69 Å². The fourth-order valence-corrected chi connectivity index (χ4v) is 1.00. The lowest BCUT2D eigenvalue weighted by molar-refractivity contribution is 0.880. The van der Waals surface area contributed by atoms with Crippen LogP contribution in [-0.4, -0.2) is 9.78 Å². The minimum absolute atomic E-state index is 0. The molecule has 12 heavy (non-hydrogen) atoms. The number of aromatic nitrogens is 2. The van der Waals surface area contributed by atoms with Crippen molar-refractivity contribution in [2.75, 3.05) is 0 Å². The van der Waals surface area contributed by atoms with Crippen molar-refractivity contribution < 1.29 is 0 Å². The fraction of sp³-hybridized carbons (Fsp3) is 0. The molecule has 0 amide bonds. The van der Waals surface area contributed by atoms with Crippen LogP contribution in [0.15, 0.2) is 48.8 Å². The Morgan fingerprint density at radius 2 is 1.75 bits per heavy atom. The Morgan fingerprint density at radius 3 is 2.33 bits per heavy atom. The number of para-hydroxylation sites is 1. The molecule has 2 aromatic rings. The Hall–Kier alpha value is -1.28. The lowest BCUT2D eigenvalue weighted by Crippen LogP contribution is -1.91. The van der Waals surface area contributed by atoms with E-state index in [0.29, 0.717) is 0 Å². The minimum atomic E-state index is 0. The summed E-state index contributed by atoms with van der Waals surface area (Å²) in [5, 5.41) is 4.10. The summed E-state index contributed by atoms with van der Waals surface area (Å²) in [6, 6.07) is 11.9. The molecule has 0 saturated heterocycles. The highest BCUT2D eigenvalue weighted by Gasteiger charge is 1.90. The number of halogens is 1. The van der Waals surface area contributed by atoms with E-state index in [1.54, 1.807) is 6.20 Å². The van der Waals surface area contributed by atoms with E-state index in [1.165, 1.54) is 0 Å². The second-order valence-electron chi connectivity index (χ2n) is 2.29. The van der Waals surface area contributed by atoms with Gasteiger partial charge in [-0.2, -0.15) is 5.10 Å². The molecule has 0 radical (unpaired) electrons. The highest BCUT2D eigenvalue weighted by molar-refractivity contribution is 5.85. The van der Waals surface area contributed by atoms with Gasteiger partial charge in [-0.05, 0) is 18.2 Å². The first-order chi connectivity index (χ1) is 5.47. The van der Waals surface area contributed by atoms with Crippen molar-refractivity contribution in [3.8, 4) is 5.69 Å². The smallest absolute Gasteiger partial charge is 0.0645 e. The minimum Gasteiger partial charge on any atom is -0.241 e. The van der Waals surface area contributed by atoms with E-state index in [9.17, 15) is 0 Å². The van der Waals surface area contributed by atoms with E-state index in [-0.39, 0.29) is 12.4 Å². The average molecular weight is 181 g/mol. The van der Waals surface area contributed by atoms with Crippen LogP contribution in [0.1, 0.15) is 0 Å². The van der Waals surface area contributed by atoms with Crippen molar-refractivity contribution in [3.05, 3.63) is 48.8 Å². The van der Waals surface area contributed by atoms with Crippen LogP contribution in [-0.2, 0) is 0 Å². The zero-order valence-electron chi connectivity index (χ0n) is 6.42. The van der Waals surface area contributed by atoms with E-state index < -0.39 is 0 Å². The van der Waals surface area contributed by atoms with Gasteiger partial charge in [0.05, 0.1) is 5.69 Å². The molecule has 0 aliphatic heterocycles. The topological polar surface area (TPSA) is 17.8 Å². The van der Waals surface area contributed by atoms with Crippen LogP contribution in [0.3, 0.4) is 0 Å². The quantitative estimate of drug-likeness (QED) is 0.659.